The fourth-order valence-electron chi connectivity index (χ4n) is 0.990. The van der Waals surface area contributed by atoms with E-state index >= 15 is 0 Å². The maximum Gasteiger partial charge on any atom is 0.358 e. The van der Waals surface area contributed by atoms with Gasteiger partial charge in [-0.15, -0.1) is 10.2 Å². The number of hydrogen-bond donors (Lipinski definition) is 0. The van der Waals surface area contributed by atoms with E-state index < -0.39 is 5.97 Å². The van der Waals surface area contributed by atoms with E-state index in [4.69, 9.17) is 21.1 Å². The van der Waals surface area contributed by atoms with Crippen LogP contribution < -0.4 is 0 Å². The number of methoxy groups -OCH3 is 1. The van der Waals surface area contributed by atoms with Crippen molar-refractivity contribution in [2.75, 3.05) is 13.7 Å². The van der Waals surface area contributed by atoms with Crippen LogP contribution >= 0.6 is 11.6 Å². The molecule has 1 aromatic rings. The predicted octanol–water partition coefficient (Wildman–Crippen LogP) is 2.10. The van der Waals surface area contributed by atoms with Gasteiger partial charge in [-0.25, -0.2) is 4.79 Å². The van der Waals surface area contributed by atoms with E-state index in [0.29, 0.717) is 6.42 Å². The van der Waals surface area contributed by atoms with Gasteiger partial charge in [-0.05, 0) is 26.0 Å². The van der Waals surface area contributed by atoms with Gasteiger partial charge in [0.2, 0.25) is 0 Å². The van der Waals surface area contributed by atoms with Crippen LogP contribution in [-0.2, 0) is 9.47 Å². The topological polar surface area (TPSA) is 61.3 Å². The smallest absolute Gasteiger partial charge is 0.358 e. The highest BCUT2D eigenvalue weighted by Crippen LogP contribution is 2.13. The molecule has 17 heavy (non-hydrogen) atoms. The number of nitrogens with zero attached hydrogens (tertiary/aromatic N) is 2. The third-order valence-electron chi connectivity index (χ3n) is 2.33. The highest BCUT2D eigenvalue weighted by molar-refractivity contribution is 6.29. The molecule has 0 aromatic carbocycles. The molecule has 1 rings (SSSR count). The number of carbonyl (C=O) groups excluding carboxylic acids is 1. The van der Waals surface area contributed by atoms with Crippen molar-refractivity contribution in [1.29, 1.82) is 0 Å². The number of esters is 1. The maximum atomic E-state index is 11.5. The standard InChI is InChI=1S/C11H15ClN2O3/c1-11(2,16-3)6-7-17-10(15)8-4-5-9(12)14-13-8/h4-5H,6-7H2,1-3H3. The lowest BCUT2D eigenvalue weighted by Crippen LogP contribution is -2.25. The van der Waals surface area contributed by atoms with E-state index in [2.05, 4.69) is 10.2 Å². The molecule has 0 N–H and O–H groups in total. The highest BCUT2D eigenvalue weighted by atomic mass is 35.5. The first kappa shape index (κ1) is 13.9. The van der Waals surface area contributed by atoms with Crippen molar-refractivity contribution in [2.24, 2.45) is 0 Å². The van der Waals surface area contributed by atoms with Crippen molar-refractivity contribution in [1.82, 2.24) is 10.2 Å². The molecular formula is C11H15ClN2O3. The van der Waals surface area contributed by atoms with E-state index in [1.165, 1.54) is 12.1 Å². The van der Waals surface area contributed by atoms with Crippen molar-refractivity contribution in [3.8, 4) is 0 Å². The van der Waals surface area contributed by atoms with E-state index in [1.54, 1.807) is 7.11 Å². The number of hydrogen-bond acceptors (Lipinski definition) is 5. The van der Waals surface area contributed by atoms with Crippen LogP contribution in [-0.4, -0.2) is 35.5 Å². The lowest BCUT2D eigenvalue weighted by molar-refractivity contribution is -0.00583. The minimum Gasteiger partial charge on any atom is -0.461 e. The molecule has 0 spiro atoms. The molecule has 0 amide bonds. The van der Waals surface area contributed by atoms with Gasteiger partial charge < -0.3 is 9.47 Å². The summed E-state index contributed by atoms with van der Waals surface area (Å²) in [5.41, 5.74) is -0.170. The Kier molecular flexibility index (Phi) is 4.84. The first-order valence-corrected chi connectivity index (χ1v) is 5.54. The third-order valence-corrected chi connectivity index (χ3v) is 2.53. The van der Waals surface area contributed by atoms with E-state index in [0.717, 1.165) is 0 Å². The second-order valence-corrected chi connectivity index (χ2v) is 4.48. The number of rotatable bonds is 5. The molecule has 0 aliphatic carbocycles. The van der Waals surface area contributed by atoms with E-state index in [1.807, 2.05) is 13.8 Å². The van der Waals surface area contributed by atoms with Crippen LogP contribution in [0.1, 0.15) is 30.8 Å². The molecule has 0 fully saturated rings. The van der Waals surface area contributed by atoms with Gasteiger partial charge in [-0.3, -0.25) is 0 Å². The van der Waals surface area contributed by atoms with Crippen LogP contribution in [0.3, 0.4) is 0 Å². The van der Waals surface area contributed by atoms with Crippen LogP contribution in [0, 0.1) is 0 Å². The van der Waals surface area contributed by atoms with Crippen molar-refractivity contribution >= 4 is 17.6 Å². The molecule has 0 saturated heterocycles. The van der Waals surface area contributed by atoms with Crippen LogP contribution in [0.5, 0.6) is 0 Å². The summed E-state index contributed by atoms with van der Waals surface area (Å²) in [5, 5.41) is 7.43. The monoisotopic (exact) mass is 258 g/mol. The summed E-state index contributed by atoms with van der Waals surface area (Å²) in [6.45, 7) is 4.11. The molecule has 0 saturated carbocycles. The molecule has 6 heteroatoms. The molecule has 0 atom stereocenters. The van der Waals surface area contributed by atoms with Gasteiger partial charge in [0.25, 0.3) is 0 Å². The van der Waals surface area contributed by atoms with Crippen molar-refractivity contribution < 1.29 is 14.3 Å². The van der Waals surface area contributed by atoms with Crippen molar-refractivity contribution in [2.45, 2.75) is 25.9 Å². The lowest BCUT2D eigenvalue weighted by atomic mass is 10.1. The Bertz CT molecular complexity index is 379. The zero-order valence-electron chi connectivity index (χ0n) is 10.1. The van der Waals surface area contributed by atoms with Gasteiger partial charge >= 0.3 is 5.97 Å². The Balaban J connectivity index is 2.43. The summed E-state index contributed by atoms with van der Waals surface area (Å²) in [4.78, 5) is 11.5. The van der Waals surface area contributed by atoms with Gasteiger partial charge in [0, 0.05) is 13.5 Å². The van der Waals surface area contributed by atoms with Crippen LogP contribution in [0.15, 0.2) is 12.1 Å². The molecule has 0 bridgehead atoms. The summed E-state index contributed by atoms with van der Waals surface area (Å²) in [6.07, 6.45) is 0.607. The minimum atomic E-state index is -0.513. The quantitative estimate of drug-likeness (QED) is 0.757. The second-order valence-electron chi connectivity index (χ2n) is 4.09. The maximum absolute atomic E-state index is 11.5. The molecule has 0 aliphatic heterocycles. The average Bonchev–Trinajstić information content (AvgIpc) is 2.29. The predicted molar refractivity (Wildman–Crippen MR) is 63.0 cm³/mol. The van der Waals surface area contributed by atoms with Gasteiger partial charge in [0.05, 0.1) is 12.2 Å². The molecule has 0 unspecified atom stereocenters. The number of carbonyl (C=O) groups is 1. The normalized spacial score (nSPS) is 11.3. The molecule has 1 aromatic heterocycles. The third kappa shape index (κ3) is 4.66. The first-order valence-electron chi connectivity index (χ1n) is 5.16. The SMILES string of the molecule is COC(C)(C)CCOC(=O)c1ccc(Cl)nn1. The molecular weight excluding hydrogens is 244 g/mol. The molecule has 0 radical (unpaired) electrons. The Morgan fingerprint density at radius 3 is 2.65 bits per heavy atom. The summed E-state index contributed by atoms with van der Waals surface area (Å²) in [7, 11) is 1.62. The summed E-state index contributed by atoms with van der Waals surface area (Å²) >= 11 is 5.56. The zero-order chi connectivity index (χ0) is 12.9. The Labute approximate surface area is 105 Å². The molecule has 0 aliphatic rings. The molecule has 94 valence electrons. The highest BCUT2D eigenvalue weighted by Gasteiger charge is 2.17. The Morgan fingerprint density at radius 1 is 1.41 bits per heavy atom. The lowest BCUT2D eigenvalue weighted by Gasteiger charge is -2.22. The number of halogens is 1. The van der Waals surface area contributed by atoms with Crippen LogP contribution in [0.2, 0.25) is 5.15 Å². The molecule has 1 heterocycles. The van der Waals surface area contributed by atoms with Gasteiger partial charge in [-0.2, -0.15) is 0 Å². The fourth-order valence-corrected chi connectivity index (χ4v) is 1.09. The number of aromatic nitrogens is 2. The van der Waals surface area contributed by atoms with Gasteiger partial charge in [0.15, 0.2) is 10.8 Å². The zero-order valence-corrected chi connectivity index (χ0v) is 10.8. The van der Waals surface area contributed by atoms with Crippen LogP contribution in [0.25, 0.3) is 0 Å². The Morgan fingerprint density at radius 2 is 2.12 bits per heavy atom. The van der Waals surface area contributed by atoms with Crippen molar-refractivity contribution in [3.05, 3.63) is 23.0 Å². The summed E-state index contributed by atoms with van der Waals surface area (Å²) < 4.78 is 10.2. The number of ether oxygens (including phenoxy) is 2. The van der Waals surface area contributed by atoms with Gasteiger partial charge in [-0.1, -0.05) is 11.6 Å². The first-order chi connectivity index (χ1) is 7.94. The average molecular weight is 259 g/mol. The Hall–Kier alpha value is -1.20. The van der Waals surface area contributed by atoms with E-state index in [9.17, 15) is 4.79 Å². The van der Waals surface area contributed by atoms with Crippen molar-refractivity contribution in [3.63, 3.8) is 0 Å². The molecule has 5 nitrogen and oxygen atoms in total. The summed E-state index contributed by atoms with van der Waals surface area (Å²) in [5.74, 6) is -0.513. The fraction of sp³-hybridized carbons (Fsp3) is 0.545. The summed E-state index contributed by atoms with van der Waals surface area (Å²) in [6, 6.07) is 2.96. The second kappa shape index (κ2) is 5.93. The van der Waals surface area contributed by atoms with E-state index in [-0.39, 0.29) is 23.1 Å². The largest absolute Gasteiger partial charge is 0.461 e. The van der Waals surface area contributed by atoms with Crippen LogP contribution in [0.4, 0.5) is 0 Å². The van der Waals surface area contributed by atoms with Gasteiger partial charge in [0.1, 0.15) is 0 Å². The minimum absolute atomic E-state index is 0.143.